The van der Waals surface area contributed by atoms with Crippen molar-refractivity contribution in [1.82, 2.24) is 10.2 Å². The Morgan fingerprint density at radius 2 is 1.73 bits per heavy atom. The molecule has 0 bridgehead atoms. The maximum atomic E-state index is 12.6. The summed E-state index contributed by atoms with van der Waals surface area (Å²) in [7, 11) is 0. The van der Waals surface area contributed by atoms with Crippen molar-refractivity contribution in [1.29, 1.82) is 0 Å². The van der Waals surface area contributed by atoms with Crippen LogP contribution >= 0.6 is 0 Å². The molecule has 2 amide bonds. The topological polar surface area (TPSA) is 49.4 Å². The number of carbonyl (C=O) groups excluding carboxylic acids is 2. The number of nitrogens with zero attached hydrogens (tertiary/aromatic N) is 1. The minimum Gasteiger partial charge on any atom is -0.353 e. The Kier molecular flexibility index (Phi) is 4.74. The Bertz CT molecular complexity index is 433. The van der Waals surface area contributed by atoms with Crippen molar-refractivity contribution in [3.63, 3.8) is 0 Å². The summed E-state index contributed by atoms with van der Waals surface area (Å²) in [6.45, 7) is 6.03. The summed E-state index contributed by atoms with van der Waals surface area (Å²) < 4.78 is 0. The highest BCUT2D eigenvalue weighted by molar-refractivity contribution is 5.83. The predicted molar refractivity (Wildman–Crippen MR) is 86.1 cm³/mol. The van der Waals surface area contributed by atoms with Crippen LogP contribution in [0.15, 0.2) is 0 Å². The summed E-state index contributed by atoms with van der Waals surface area (Å²) in [6, 6.07) is 0.325. The first kappa shape index (κ1) is 15.8. The molecule has 2 aliphatic carbocycles. The number of rotatable bonds is 3. The molecule has 1 aliphatic heterocycles. The average Bonchev–Trinajstić information content (AvgIpc) is 3.36. The Balaban J connectivity index is 1.53. The van der Waals surface area contributed by atoms with Crippen molar-refractivity contribution in [3.8, 4) is 0 Å². The average molecular weight is 306 g/mol. The van der Waals surface area contributed by atoms with Crippen LogP contribution in [0.1, 0.15) is 58.8 Å². The van der Waals surface area contributed by atoms with Crippen LogP contribution in [0.2, 0.25) is 0 Å². The Morgan fingerprint density at radius 3 is 2.45 bits per heavy atom. The van der Waals surface area contributed by atoms with Gasteiger partial charge in [0.25, 0.3) is 0 Å². The lowest BCUT2D eigenvalue weighted by molar-refractivity contribution is -0.137. The quantitative estimate of drug-likeness (QED) is 0.871. The Labute approximate surface area is 134 Å². The molecule has 1 heterocycles. The fraction of sp³-hybridized carbons (Fsp3) is 0.889. The second kappa shape index (κ2) is 6.59. The van der Waals surface area contributed by atoms with Gasteiger partial charge in [0.1, 0.15) is 0 Å². The van der Waals surface area contributed by atoms with Gasteiger partial charge in [0.15, 0.2) is 0 Å². The molecule has 4 nitrogen and oxygen atoms in total. The first-order chi connectivity index (χ1) is 10.6. The molecular formula is C18H30N2O2. The first-order valence-electron chi connectivity index (χ1n) is 9.15. The van der Waals surface area contributed by atoms with E-state index in [-0.39, 0.29) is 23.7 Å². The van der Waals surface area contributed by atoms with Gasteiger partial charge in [0.05, 0.1) is 5.92 Å². The first-order valence-corrected chi connectivity index (χ1v) is 9.15. The molecule has 4 atom stereocenters. The van der Waals surface area contributed by atoms with Crippen molar-refractivity contribution < 1.29 is 9.59 Å². The van der Waals surface area contributed by atoms with E-state index in [1.165, 1.54) is 12.8 Å². The van der Waals surface area contributed by atoms with Gasteiger partial charge in [-0.25, -0.2) is 0 Å². The van der Waals surface area contributed by atoms with E-state index in [0.29, 0.717) is 24.4 Å². The van der Waals surface area contributed by atoms with E-state index < -0.39 is 0 Å². The predicted octanol–water partition coefficient (Wildman–Crippen LogP) is 2.58. The minimum absolute atomic E-state index is 0.000817. The number of hydrogen-bond donors (Lipinski definition) is 1. The third kappa shape index (κ3) is 3.47. The van der Waals surface area contributed by atoms with Crippen LogP contribution in [-0.4, -0.2) is 35.8 Å². The van der Waals surface area contributed by atoms with Gasteiger partial charge in [0.2, 0.25) is 11.8 Å². The lowest BCUT2D eigenvalue weighted by Gasteiger charge is -2.37. The molecule has 0 spiro atoms. The fourth-order valence-corrected chi connectivity index (χ4v) is 4.07. The van der Waals surface area contributed by atoms with Crippen LogP contribution in [0.4, 0.5) is 0 Å². The number of nitrogens with one attached hydrogen (secondary N) is 1. The van der Waals surface area contributed by atoms with Gasteiger partial charge in [-0.2, -0.15) is 0 Å². The third-order valence-corrected chi connectivity index (χ3v) is 6.06. The van der Waals surface area contributed by atoms with Gasteiger partial charge in [0, 0.05) is 25.0 Å². The van der Waals surface area contributed by atoms with Gasteiger partial charge >= 0.3 is 0 Å². The maximum absolute atomic E-state index is 12.6. The van der Waals surface area contributed by atoms with E-state index in [1.807, 2.05) is 4.90 Å². The molecule has 0 radical (unpaired) electrons. The van der Waals surface area contributed by atoms with E-state index in [0.717, 1.165) is 38.6 Å². The highest BCUT2D eigenvalue weighted by Gasteiger charge is 2.37. The van der Waals surface area contributed by atoms with Gasteiger partial charge in [-0.05, 0) is 43.9 Å². The Hall–Kier alpha value is -1.06. The van der Waals surface area contributed by atoms with Crippen molar-refractivity contribution in [2.45, 2.75) is 64.8 Å². The summed E-state index contributed by atoms with van der Waals surface area (Å²) in [6.07, 6.45) is 7.58. The van der Waals surface area contributed by atoms with Gasteiger partial charge < -0.3 is 10.2 Å². The standard InChI is InChI=1S/C18H30N2O2/c1-12-5-3-7-16(13(12)2)19-17(21)15-6-4-10-20(11-15)18(22)14-8-9-14/h12-16H,3-11H2,1-2H3,(H,19,21). The number of carbonyl (C=O) groups is 2. The van der Waals surface area contributed by atoms with E-state index >= 15 is 0 Å². The molecular weight excluding hydrogens is 276 g/mol. The third-order valence-electron chi connectivity index (χ3n) is 6.06. The molecule has 0 aromatic rings. The van der Waals surface area contributed by atoms with Crippen LogP contribution in [0.5, 0.6) is 0 Å². The lowest BCUT2D eigenvalue weighted by Crippen LogP contribution is -2.50. The summed E-state index contributed by atoms with van der Waals surface area (Å²) in [5.74, 6) is 1.99. The van der Waals surface area contributed by atoms with Gasteiger partial charge in [-0.1, -0.05) is 26.7 Å². The van der Waals surface area contributed by atoms with Crippen molar-refractivity contribution in [2.75, 3.05) is 13.1 Å². The molecule has 1 N–H and O–H groups in total. The molecule has 4 heteroatoms. The van der Waals surface area contributed by atoms with E-state index in [1.54, 1.807) is 0 Å². The van der Waals surface area contributed by atoms with Crippen LogP contribution in [0.3, 0.4) is 0 Å². The summed E-state index contributed by atoms with van der Waals surface area (Å²) >= 11 is 0. The van der Waals surface area contributed by atoms with Gasteiger partial charge in [-0.15, -0.1) is 0 Å². The number of piperidine rings is 1. The second-order valence-corrected chi connectivity index (χ2v) is 7.78. The molecule has 1 saturated heterocycles. The van der Waals surface area contributed by atoms with Crippen LogP contribution in [0, 0.1) is 23.7 Å². The maximum Gasteiger partial charge on any atom is 0.225 e. The monoisotopic (exact) mass is 306 g/mol. The van der Waals surface area contributed by atoms with E-state index in [4.69, 9.17) is 0 Å². The number of hydrogen-bond acceptors (Lipinski definition) is 2. The summed E-state index contributed by atoms with van der Waals surface area (Å²) in [5, 5.41) is 3.30. The largest absolute Gasteiger partial charge is 0.353 e. The van der Waals surface area contributed by atoms with Crippen molar-refractivity contribution in [2.24, 2.45) is 23.7 Å². The molecule has 3 fully saturated rings. The molecule has 0 aromatic heterocycles. The van der Waals surface area contributed by atoms with Crippen LogP contribution < -0.4 is 5.32 Å². The van der Waals surface area contributed by atoms with Crippen molar-refractivity contribution in [3.05, 3.63) is 0 Å². The molecule has 2 saturated carbocycles. The van der Waals surface area contributed by atoms with Crippen LogP contribution in [0.25, 0.3) is 0 Å². The second-order valence-electron chi connectivity index (χ2n) is 7.78. The Morgan fingerprint density at radius 1 is 0.955 bits per heavy atom. The van der Waals surface area contributed by atoms with Gasteiger partial charge in [-0.3, -0.25) is 9.59 Å². The normalized spacial score (nSPS) is 36.0. The SMILES string of the molecule is CC1CCCC(NC(=O)C2CCCN(C(=O)C3CC3)C2)C1C. The fourth-order valence-electron chi connectivity index (χ4n) is 4.07. The zero-order valence-electron chi connectivity index (χ0n) is 14.0. The number of likely N-dealkylation sites (tertiary alicyclic amines) is 1. The molecule has 4 unspecified atom stereocenters. The molecule has 3 aliphatic rings. The summed E-state index contributed by atoms with van der Waals surface area (Å²) in [4.78, 5) is 26.8. The molecule has 3 rings (SSSR count). The molecule has 124 valence electrons. The number of amides is 2. The van der Waals surface area contributed by atoms with Crippen LogP contribution in [-0.2, 0) is 9.59 Å². The van der Waals surface area contributed by atoms with E-state index in [9.17, 15) is 9.59 Å². The zero-order valence-corrected chi connectivity index (χ0v) is 14.0. The highest BCUT2D eigenvalue weighted by atomic mass is 16.2. The van der Waals surface area contributed by atoms with E-state index in [2.05, 4.69) is 19.2 Å². The zero-order chi connectivity index (χ0) is 15.7. The lowest BCUT2D eigenvalue weighted by atomic mass is 9.78. The molecule has 22 heavy (non-hydrogen) atoms. The molecule has 0 aromatic carbocycles. The minimum atomic E-state index is 0.000817. The van der Waals surface area contributed by atoms with Crippen molar-refractivity contribution >= 4 is 11.8 Å². The summed E-state index contributed by atoms with van der Waals surface area (Å²) in [5.41, 5.74) is 0. The highest BCUT2D eigenvalue weighted by Crippen LogP contribution is 2.33. The smallest absolute Gasteiger partial charge is 0.225 e.